The van der Waals surface area contributed by atoms with Crippen LogP contribution in [-0.4, -0.2) is 59.8 Å². The molecule has 1 aliphatic heterocycles. The van der Waals surface area contributed by atoms with Gasteiger partial charge in [-0.25, -0.2) is 0 Å². The Balaban J connectivity index is 1.32. The molecule has 142 valence electrons. The molecule has 2 fully saturated rings. The molecule has 2 heterocycles. The zero-order valence-electron chi connectivity index (χ0n) is 15.4. The Morgan fingerprint density at radius 1 is 1.33 bits per heavy atom. The van der Waals surface area contributed by atoms with Crippen LogP contribution in [0.15, 0.2) is 36.7 Å². The van der Waals surface area contributed by atoms with E-state index in [0.717, 1.165) is 17.5 Å². The van der Waals surface area contributed by atoms with Crippen LogP contribution in [0, 0.1) is 11.3 Å². The summed E-state index contributed by atoms with van der Waals surface area (Å²) in [5.74, 6) is 0.422. The molecule has 7 nitrogen and oxygen atoms in total. The number of aromatic nitrogens is 2. The number of carbonyl (C=O) groups excluding carboxylic acids is 2. The third-order valence-electron chi connectivity index (χ3n) is 5.66. The van der Waals surface area contributed by atoms with Crippen LogP contribution in [0.5, 0.6) is 0 Å². The molecule has 1 aromatic heterocycles. The quantitative estimate of drug-likeness (QED) is 0.779. The molecule has 27 heavy (non-hydrogen) atoms. The van der Waals surface area contributed by atoms with E-state index in [1.54, 1.807) is 11.1 Å². The number of likely N-dealkylation sites (N-methyl/N-ethyl adjacent to an activating group) is 1. The molecule has 0 radical (unpaired) electrons. The number of hydrogen-bond acceptors (Lipinski definition) is 4. The van der Waals surface area contributed by atoms with Crippen molar-refractivity contribution < 1.29 is 14.3 Å². The van der Waals surface area contributed by atoms with E-state index in [4.69, 9.17) is 4.74 Å². The molecule has 2 aromatic rings. The summed E-state index contributed by atoms with van der Waals surface area (Å²) in [4.78, 5) is 26.9. The zero-order chi connectivity index (χ0) is 18.9. The highest BCUT2D eigenvalue weighted by molar-refractivity contribution is 5.94. The number of nitrogens with one attached hydrogen (secondary N) is 2. The summed E-state index contributed by atoms with van der Waals surface area (Å²) in [5, 5.41) is 9.71. The number of nitrogens with zero attached hydrogens (tertiary/aromatic N) is 2. The molecule has 2 amide bonds. The van der Waals surface area contributed by atoms with Gasteiger partial charge in [0, 0.05) is 42.9 Å². The van der Waals surface area contributed by atoms with E-state index < -0.39 is 0 Å². The number of carbonyl (C=O) groups is 2. The fraction of sp³-hybridized carbons (Fsp3) is 0.450. The van der Waals surface area contributed by atoms with Gasteiger partial charge in [-0.2, -0.15) is 5.10 Å². The minimum absolute atomic E-state index is 0.0304. The largest absolute Gasteiger partial charge is 0.380 e. The Morgan fingerprint density at radius 3 is 2.74 bits per heavy atom. The van der Waals surface area contributed by atoms with Crippen molar-refractivity contribution in [1.82, 2.24) is 20.4 Å². The van der Waals surface area contributed by atoms with Gasteiger partial charge in [-0.3, -0.25) is 14.7 Å². The van der Waals surface area contributed by atoms with Crippen LogP contribution in [0.4, 0.5) is 0 Å². The fourth-order valence-corrected chi connectivity index (χ4v) is 3.78. The van der Waals surface area contributed by atoms with Gasteiger partial charge in [0.15, 0.2) is 0 Å². The van der Waals surface area contributed by atoms with Gasteiger partial charge in [0.1, 0.15) is 0 Å². The van der Waals surface area contributed by atoms with Crippen LogP contribution >= 0.6 is 0 Å². The van der Waals surface area contributed by atoms with Gasteiger partial charge in [0.05, 0.1) is 24.8 Å². The predicted octanol–water partition coefficient (Wildman–Crippen LogP) is 1.69. The van der Waals surface area contributed by atoms with Crippen LogP contribution < -0.4 is 5.32 Å². The lowest BCUT2D eigenvalue weighted by Gasteiger charge is -2.22. The number of hydrogen-bond donors (Lipinski definition) is 2. The smallest absolute Gasteiger partial charge is 0.253 e. The SMILES string of the molecule is CCN(CCNC(=O)[C@@]12COC[C@@H]1C2)C(=O)c1ccc(-c2cn[nH]c2)cc1. The molecule has 0 unspecified atom stereocenters. The second kappa shape index (κ2) is 7.15. The topological polar surface area (TPSA) is 87.3 Å². The second-order valence-electron chi connectivity index (χ2n) is 7.28. The lowest BCUT2D eigenvalue weighted by atomic mass is 10.1. The first-order chi connectivity index (χ1) is 13.1. The predicted molar refractivity (Wildman–Crippen MR) is 100.0 cm³/mol. The molecule has 1 saturated heterocycles. The van der Waals surface area contributed by atoms with Crippen LogP contribution in [0.1, 0.15) is 23.7 Å². The summed E-state index contributed by atoms with van der Waals surface area (Å²) in [6.07, 6.45) is 4.49. The van der Waals surface area contributed by atoms with E-state index in [-0.39, 0.29) is 17.2 Å². The average molecular weight is 368 g/mol. The van der Waals surface area contributed by atoms with E-state index in [1.807, 2.05) is 37.4 Å². The molecule has 2 aliphatic rings. The van der Waals surface area contributed by atoms with Gasteiger partial charge in [-0.05, 0) is 31.0 Å². The highest BCUT2D eigenvalue weighted by Gasteiger charge is 2.63. The standard InChI is InChI=1S/C20H24N4O3/c1-2-24(8-7-21-19(26)20-9-17(20)12-27-13-20)18(25)15-5-3-14(4-6-15)16-10-22-23-11-16/h3-6,10-11,17H,2,7-9,12-13H2,1H3,(H,21,26)(H,22,23)/t17-,20-/m0/s1. The number of aromatic amines is 1. The van der Waals surface area contributed by atoms with Gasteiger partial charge >= 0.3 is 0 Å². The Labute approximate surface area is 158 Å². The van der Waals surface area contributed by atoms with Crippen LogP contribution in [0.2, 0.25) is 0 Å². The molecule has 1 aliphatic carbocycles. The summed E-state index contributed by atoms with van der Waals surface area (Å²) < 4.78 is 5.38. The average Bonchev–Trinajstić information content (AvgIpc) is 3.07. The van der Waals surface area contributed by atoms with Crippen molar-refractivity contribution >= 4 is 11.8 Å². The van der Waals surface area contributed by atoms with Crippen molar-refractivity contribution in [3.05, 3.63) is 42.2 Å². The zero-order valence-corrected chi connectivity index (χ0v) is 15.4. The summed E-state index contributed by atoms with van der Waals surface area (Å²) in [6, 6.07) is 7.49. The first kappa shape index (κ1) is 17.7. The minimum Gasteiger partial charge on any atom is -0.380 e. The normalized spacial score (nSPS) is 22.9. The molecule has 2 atom stereocenters. The maximum absolute atomic E-state index is 12.8. The first-order valence-electron chi connectivity index (χ1n) is 9.38. The van der Waals surface area contributed by atoms with Crippen molar-refractivity contribution in [2.24, 2.45) is 11.3 Å². The third-order valence-corrected chi connectivity index (χ3v) is 5.66. The van der Waals surface area contributed by atoms with Crippen LogP contribution in [0.3, 0.4) is 0 Å². The van der Waals surface area contributed by atoms with E-state index >= 15 is 0 Å². The van der Waals surface area contributed by atoms with Gasteiger partial charge in [0.2, 0.25) is 5.91 Å². The van der Waals surface area contributed by atoms with Gasteiger partial charge in [0.25, 0.3) is 5.91 Å². The summed E-state index contributed by atoms with van der Waals surface area (Å²) in [6.45, 7) is 4.71. The molecule has 0 spiro atoms. The van der Waals surface area contributed by atoms with Crippen LogP contribution in [-0.2, 0) is 9.53 Å². The first-order valence-corrected chi connectivity index (χ1v) is 9.38. The van der Waals surface area contributed by atoms with Crippen molar-refractivity contribution in [3.8, 4) is 11.1 Å². The molecule has 1 saturated carbocycles. The van der Waals surface area contributed by atoms with Gasteiger partial charge < -0.3 is 15.0 Å². The van der Waals surface area contributed by atoms with Crippen molar-refractivity contribution in [2.75, 3.05) is 32.8 Å². The Hall–Kier alpha value is -2.67. The highest BCUT2D eigenvalue weighted by Crippen LogP contribution is 2.56. The molecular formula is C20H24N4O3. The van der Waals surface area contributed by atoms with E-state index in [2.05, 4.69) is 15.5 Å². The second-order valence-corrected chi connectivity index (χ2v) is 7.28. The minimum atomic E-state index is -0.288. The highest BCUT2D eigenvalue weighted by atomic mass is 16.5. The van der Waals surface area contributed by atoms with Crippen molar-refractivity contribution in [1.29, 1.82) is 0 Å². The van der Waals surface area contributed by atoms with E-state index in [9.17, 15) is 9.59 Å². The Morgan fingerprint density at radius 2 is 2.15 bits per heavy atom. The monoisotopic (exact) mass is 368 g/mol. The molecule has 1 aromatic carbocycles. The molecule has 4 rings (SSSR count). The number of amides is 2. The fourth-order valence-electron chi connectivity index (χ4n) is 3.78. The third kappa shape index (κ3) is 3.35. The lowest BCUT2D eigenvalue weighted by Crippen LogP contribution is -2.41. The van der Waals surface area contributed by atoms with Crippen LogP contribution in [0.25, 0.3) is 11.1 Å². The summed E-state index contributed by atoms with van der Waals surface area (Å²) >= 11 is 0. The Bertz CT molecular complexity index is 818. The van der Waals surface area contributed by atoms with E-state index in [1.165, 1.54) is 0 Å². The molecule has 0 bridgehead atoms. The van der Waals surface area contributed by atoms with Crippen molar-refractivity contribution in [3.63, 3.8) is 0 Å². The lowest BCUT2D eigenvalue weighted by molar-refractivity contribution is -0.127. The molecule has 7 heteroatoms. The maximum Gasteiger partial charge on any atom is 0.253 e. The van der Waals surface area contributed by atoms with Gasteiger partial charge in [-0.15, -0.1) is 0 Å². The number of H-pyrrole nitrogens is 1. The van der Waals surface area contributed by atoms with Gasteiger partial charge in [-0.1, -0.05) is 12.1 Å². The Kier molecular flexibility index (Phi) is 4.70. The maximum atomic E-state index is 12.8. The van der Waals surface area contributed by atoms with Crippen molar-refractivity contribution in [2.45, 2.75) is 13.3 Å². The number of ether oxygens (including phenoxy) is 1. The number of benzene rings is 1. The summed E-state index contributed by atoms with van der Waals surface area (Å²) in [7, 11) is 0. The molecule has 2 N–H and O–H groups in total. The molecular weight excluding hydrogens is 344 g/mol. The van der Waals surface area contributed by atoms with E-state index in [0.29, 0.717) is 44.3 Å². The summed E-state index contributed by atoms with van der Waals surface area (Å²) in [5.41, 5.74) is 2.34. The number of rotatable bonds is 7. The number of fused-ring (bicyclic) bond motifs is 1.